The van der Waals surface area contributed by atoms with Gasteiger partial charge >= 0.3 is 0 Å². The first-order chi connectivity index (χ1) is 7.79. The number of hydrogen-bond acceptors (Lipinski definition) is 2. The van der Waals surface area contributed by atoms with Gasteiger partial charge in [0.15, 0.2) is 0 Å². The summed E-state index contributed by atoms with van der Waals surface area (Å²) in [4.78, 5) is 13.8. The summed E-state index contributed by atoms with van der Waals surface area (Å²) < 4.78 is 0. The summed E-state index contributed by atoms with van der Waals surface area (Å²) in [5, 5.41) is 9.02. The van der Waals surface area contributed by atoms with E-state index >= 15 is 0 Å². The van der Waals surface area contributed by atoms with Gasteiger partial charge in [0, 0.05) is 24.9 Å². The van der Waals surface area contributed by atoms with Crippen LogP contribution in [0, 0.1) is 0 Å². The SMILES string of the molecule is O=C(CCCCl)N(CCO)C1CCCCC1. The van der Waals surface area contributed by atoms with E-state index < -0.39 is 0 Å². The lowest BCUT2D eigenvalue weighted by Gasteiger charge is -2.34. The molecule has 0 bridgehead atoms. The molecule has 4 heteroatoms. The molecule has 0 unspecified atom stereocenters. The minimum Gasteiger partial charge on any atom is -0.395 e. The van der Waals surface area contributed by atoms with Gasteiger partial charge in [0.25, 0.3) is 0 Å². The molecule has 1 aliphatic rings. The van der Waals surface area contributed by atoms with E-state index in [2.05, 4.69) is 0 Å². The molecule has 0 aromatic rings. The Morgan fingerprint density at radius 3 is 2.56 bits per heavy atom. The van der Waals surface area contributed by atoms with Crippen LogP contribution in [0.25, 0.3) is 0 Å². The van der Waals surface area contributed by atoms with Gasteiger partial charge in [0.2, 0.25) is 5.91 Å². The number of alkyl halides is 1. The first-order valence-electron chi connectivity index (χ1n) is 6.26. The molecule has 0 radical (unpaired) electrons. The Morgan fingerprint density at radius 1 is 1.31 bits per heavy atom. The Balaban J connectivity index is 2.47. The Hall–Kier alpha value is -0.280. The quantitative estimate of drug-likeness (QED) is 0.731. The third-order valence-electron chi connectivity index (χ3n) is 3.20. The average molecular weight is 248 g/mol. The largest absolute Gasteiger partial charge is 0.395 e. The van der Waals surface area contributed by atoms with Crippen molar-refractivity contribution in [3.05, 3.63) is 0 Å². The smallest absolute Gasteiger partial charge is 0.222 e. The van der Waals surface area contributed by atoms with Crippen molar-refractivity contribution < 1.29 is 9.90 Å². The van der Waals surface area contributed by atoms with Crippen molar-refractivity contribution >= 4 is 17.5 Å². The minimum absolute atomic E-state index is 0.0586. The first-order valence-corrected chi connectivity index (χ1v) is 6.79. The van der Waals surface area contributed by atoms with Gasteiger partial charge in [-0.25, -0.2) is 0 Å². The monoisotopic (exact) mass is 247 g/mol. The molecule has 0 saturated heterocycles. The van der Waals surface area contributed by atoms with Gasteiger partial charge in [-0.2, -0.15) is 0 Å². The zero-order valence-corrected chi connectivity index (χ0v) is 10.6. The maximum Gasteiger partial charge on any atom is 0.222 e. The van der Waals surface area contributed by atoms with Gasteiger partial charge in [0.05, 0.1) is 6.61 Å². The molecule has 0 heterocycles. The molecular weight excluding hydrogens is 226 g/mol. The molecule has 1 fully saturated rings. The van der Waals surface area contributed by atoms with Crippen molar-refractivity contribution in [2.45, 2.75) is 51.0 Å². The normalized spacial score (nSPS) is 17.4. The molecule has 0 aromatic carbocycles. The summed E-state index contributed by atoms with van der Waals surface area (Å²) in [5.74, 6) is 0.685. The maximum atomic E-state index is 11.9. The van der Waals surface area contributed by atoms with Gasteiger partial charge in [-0.3, -0.25) is 4.79 Å². The highest BCUT2D eigenvalue weighted by atomic mass is 35.5. The molecule has 0 aliphatic heterocycles. The number of amides is 1. The third kappa shape index (κ3) is 4.30. The van der Waals surface area contributed by atoms with Gasteiger partial charge in [-0.05, 0) is 19.3 Å². The average Bonchev–Trinajstić information content (AvgIpc) is 2.34. The Kier molecular flexibility index (Phi) is 6.81. The summed E-state index contributed by atoms with van der Waals surface area (Å²) in [6.45, 7) is 0.537. The predicted molar refractivity (Wildman–Crippen MR) is 65.6 cm³/mol. The number of aliphatic hydroxyl groups is 1. The van der Waals surface area contributed by atoms with Crippen LogP contribution in [0.2, 0.25) is 0 Å². The highest BCUT2D eigenvalue weighted by molar-refractivity contribution is 6.17. The molecule has 3 nitrogen and oxygen atoms in total. The van der Waals surface area contributed by atoms with Gasteiger partial charge in [-0.1, -0.05) is 19.3 Å². The second kappa shape index (κ2) is 7.91. The van der Waals surface area contributed by atoms with E-state index in [-0.39, 0.29) is 12.5 Å². The third-order valence-corrected chi connectivity index (χ3v) is 3.47. The molecule has 0 atom stereocenters. The Bertz CT molecular complexity index is 205. The van der Waals surface area contributed by atoms with Gasteiger partial charge in [0.1, 0.15) is 0 Å². The van der Waals surface area contributed by atoms with Crippen molar-refractivity contribution in [2.24, 2.45) is 0 Å². The molecule has 0 spiro atoms. The van der Waals surface area contributed by atoms with Crippen LogP contribution in [0.3, 0.4) is 0 Å². The van der Waals surface area contributed by atoms with Gasteiger partial charge in [-0.15, -0.1) is 11.6 Å². The fourth-order valence-corrected chi connectivity index (χ4v) is 2.51. The first kappa shape index (κ1) is 13.8. The zero-order valence-electron chi connectivity index (χ0n) is 9.83. The number of hydrogen-bond donors (Lipinski definition) is 1. The lowest BCUT2D eigenvalue weighted by molar-refractivity contribution is -0.134. The van der Waals surface area contributed by atoms with Crippen LogP contribution in [-0.2, 0) is 4.79 Å². The van der Waals surface area contributed by atoms with E-state index in [1.807, 2.05) is 4.90 Å². The second-order valence-corrected chi connectivity index (χ2v) is 4.77. The van der Waals surface area contributed by atoms with Crippen molar-refractivity contribution in [1.29, 1.82) is 0 Å². The number of aliphatic hydroxyl groups excluding tert-OH is 1. The number of carbonyl (C=O) groups excluding carboxylic acids is 1. The van der Waals surface area contributed by atoms with Crippen molar-refractivity contribution in [1.82, 2.24) is 4.90 Å². The summed E-state index contributed by atoms with van der Waals surface area (Å²) in [6, 6.07) is 0.351. The van der Waals surface area contributed by atoms with E-state index in [0.29, 0.717) is 24.9 Å². The molecular formula is C12H22ClNO2. The van der Waals surface area contributed by atoms with E-state index in [1.54, 1.807) is 0 Å². The van der Waals surface area contributed by atoms with Crippen LogP contribution >= 0.6 is 11.6 Å². The lowest BCUT2D eigenvalue weighted by atomic mass is 9.94. The number of carbonyl (C=O) groups is 1. The highest BCUT2D eigenvalue weighted by Gasteiger charge is 2.24. The van der Waals surface area contributed by atoms with Gasteiger partial charge < -0.3 is 10.0 Å². The summed E-state index contributed by atoms with van der Waals surface area (Å²) in [6.07, 6.45) is 7.11. The molecule has 0 aromatic heterocycles. The predicted octanol–water partition coefficient (Wildman–Crippen LogP) is 2.16. The van der Waals surface area contributed by atoms with Crippen LogP contribution in [-0.4, -0.2) is 41.0 Å². The van der Waals surface area contributed by atoms with Crippen molar-refractivity contribution in [2.75, 3.05) is 19.0 Å². The molecule has 1 saturated carbocycles. The Labute approximate surface area is 103 Å². The maximum absolute atomic E-state index is 11.9. The van der Waals surface area contributed by atoms with Crippen molar-refractivity contribution in [3.63, 3.8) is 0 Å². The second-order valence-electron chi connectivity index (χ2n) is 4.40. The topological polar surface area (TPSA) is 40.5 Å². The summed E-state index contributed by atoms with van der Waals surface area (Å²) >= 11 is 5.59. The lowest BCUT2D eigenvalue weighted by Crippen LogP contribution is -2.43. The molecule has 1 N–H and O–H groups in total. The number of halogens is 1. The van der Waals surface area contributed by atoms with E-state index in [1.165, 1.54) is 19.3 Å². The van der Waals surface area contributed by atoms with Crippen LogP contribution < -0.4 is 0 Å². The van der Waals surface area contributed by atoms with Crippen LogP contribution in [0.15, 0.2) is 0 Å². The highest BCUT2D eigenvalue weighted by Crippen LogP contribution is 2.23. The van der Waals surface area contributed by atoms with Crippen molar-refractivity contribution in [3.8, 4) is 0 Å². The number of rotatable bonds is 6. The number of nitrogens with zero attached hydrogens (tertiary/aromatic N) is 1. The van der Waals surface area contributed by atoms with E-state index in [0.717, 1.165) is 19.3 Å². The van der Waals surface area contributed by atoms with Crippen LogP contribution in [0.5, 0.6) is 0 Å². The molecule has 94 valence electrons. The van der Waals surface area contributed by atoms with Crippen LogP contribution in [0.1, 0.15) is 44.9 Å². The zero-order chi connectivity index (χ0) is 11.8. The molecule has 1 rings (SSSR count). The summed E-state index contributed by atoms with van der Waals surface area (Å²) in [7, 11) is 0. The fourth-order valence-electron chi connectivity index (χ4n) is 2.37. The van der Waals surface area contributed by atoms with Crippen LogP contribution in [0.4, 0.5) is 0 Å². The summed E-state index contributed by atoms with van der Waals surface area (Å²) in [5.41, 5.74) is 0. The van der Waals surface area contributed by atoms with E-state index in [9.17, 15) is 4.79 Å². The Morgan fingerprint density at radius 2 is 2.00 bits per heavy atom. The molecule has 1 aliphatic carbocycles. The van der Waals surface area contributed by atoms with E-state index in [4.69, 9.17) is 16.7 Å². The standard InChI is InChI=1S/C12H22ClNO2/c13-8-4-7-12(16)14(9-10-15)11-5-2-1-3-6-11/h11,15H,1-10H2. The molecule has 16 heavy (non-hydrogen) atoms. The molecule has 1 amide bonds. The minimum atomic E-state index is 0.0586. The fraction of sp³-hybridized carbons (Fsp3) is 0.917.